The summed E-state index contributed by atoms with van der Waals surface area (Å²) in [5, 5.41) is 2.60. The van der Waals surface area contributed by atoms with Crippen LogP contribution in [-0.4, -0.2) is 4.57 Å². The molecule has 364 valence electrons. The molecule has 4 aliphatic rings. The molecule has 5 unspecified atom stereocenters. The van der Waals surface area contributed by atoms with Gasteiger partial charge in [0, 0.05) is 33.7 Å². The van der Waals surface area contributed by atoms with Gasteiger partial charge < -0.3 is 4.57 Å². The Kier molecular flexibility index (Phi) is 12.1. The third-order valence-electron chi connectivity index (χ3n) is 17.3. The van der Waals surface area contributed by atoms with Crippen molar-refractivity contribution in [2.75, 3.05) is 0 Å². The van der Waals surface area contributed by atoms with Gasteiger partial charge >= 0.3 is 0 Å². The molecule has 0 amide bonds. The van der Waals surface area contributed by atoms with Crippen molar-refractivity contribution >= 4 is 27.4 Å². The van der Waals surface area contributed by atoms with E-state index < -0.39 is 0 Å². The Labute approximate surface area is 443 Å². The third kappa shape index (κ3) is 7.91. The molecule has 2 bridgehead atoms. The molecule has 75 heavy (non-hydrogen) atoms. The topological polar surface area (TPSA) is 4.93 Å². The number of hydrogen-bond acceptors (Lipinski definition) is 0. The molecule has 0 saturated heterocycles. The van der Waals surface area contributed by atoms with Crippen LogP contribution in [0.15, 0.2) is 261 Å². The van der Waals surface area contributed by atoms with Gasteiger partial charge in [-0.15, -0.1) is 0 Å². The van der Waals surface area contributed by atoms with E-state index in [9.17, 15) is 0 Å². The standard InChI is InChI=1S/C74H63N/c1-4-6-7-8-9-22-51-35-37-52(38-36-51)59-25-12-13-27-62(59)64-29-15-14-28-63(64)60-43-41-58(47-56(60)45-50(3)5-2)75-72-34-21-18-31-67(72)68-48-53(40-44-73(68)75)54-39-42-66-65-30-17-20-33-70(65)74(71(66)49-54)57-24-11-10-23-55(46-57)61-26-16-19-32-69(61)74/h4,6-21,23-44,47-48,50,54-55,57H,1,5,22,45-46,49H2,2-3H3. The van der Waals surface area contributed by atoms with Crippen molar-refractivity contribution in [3.8, 4) is 39.1 Å². The average Bonchev–Trinajstić information content (AvgIpc) is 4.04. The summed E-state index contributed by atoms with van der Waals surface area (Å²) in [5.41, 5.74) is 24.0. The quantitative estimate of drug-likeness (QED) is 0.108. The molecule has 0 radical (unpaired) electrons. The predicted octanol–water partition coefficient (Wildman–Crippen LogP) is 19.2. The Morgan fingerprint density at radius 2 is 1.29 bits per heavy atom. The molecule has 1 nitrogen and oxygen atoms in total. The Morgan fingerprint density at radius 3 is 2.11 bits per heavy atom. The molecule has 5 atom stereocenters. The predicted molar refractivity (Wildman–Crippen MR) is 319 cm³/mol. The molecule has 0 N–H and O–H groups in total. The van der Waals surface area contributed by atoms with E-state index in [-0.39, 0.29) is 11.3 Å². The maximum absolute atomic E-state index is 3.77. The minimum atomic E-state index is -0.193. The van der Waals surface area contributed by atoms with Crippen molar-refractivity contribution in [2.45, 2.75) is 63.2 Å². The van der Waals surface area contributed by atoms with E-state index in [1.54, 1.807) is 11.6 Å². The lowest BCUT2D eigenvalue weighted by atomic mass is 9.55. The molecular weight excluding hydrogens is 903 g/mol. The van der Waals surface area contributed by atoms with Crippen molar-refractivity contribution in [1.29, 1.82) is 0 Å². The minimum absolute atomic E-state index is 0.193. The SMILES string of the molecule is C=CC=CC=CCc1ccc(-c2ccccc2-c2ccccc2-c2ccc(-n3c4ccccc4c4cc(C5C=CC6=C(C5)C5(c7ccccc76)c6ccccc6C6C=CC=CC5C6)ccc43)cc2CC(C)CC)cc1. The van der Waals surface area contributed by atoms with Gasteiger partial charge in [0.25, 0.3) is 0 Å². The zero-order valence-electron chi connectivity index (χ0n) is 43.2. The van der Waals surface area contributed by atoms with Crippen LogP contribution in [0.25, 0.3) is 66.4 Å². The smallest absolute Gasteiger partial charge is 0.0541 e. The Bertz CT molecular complexity index is 3880. The number of hydrogen-bond donors (Lipinski definition) is 0. The van der Waals surface area contributed by atoms with Gasteiger partial charge in [-0.25, -0.2) is 0 Å². The van der Waals surface area contributed by atoms with Gasteiger partial charge in [-0.2, -0.15) is 0 Å². The second-order valence-corrected chi connectivity index (χ2v) is 21.5. The second-order valence-electron chi connectivity index (χ2n) is 21.5. The highest BCUT2D eigenvalue weighted by Gasteiger charge is 2.54. The maximum Gasteiger partial charge on any atom is 0.0541 e. The van der Waals surface area contributed by atoms with Gasteiger partial charge in [0.15, 0.2) is 0 Å². The molecule has 9 aromatic rings. The normalized spacial score (nSPS) is 19.8. The van der Waals surface area contributed by atoms with Crippen LogP contribution in [0.4, 0.5) is 0 Å². The van der Waals surface area contributed by atoms with E-state index in [0.717, 1.165) is 32.1 Å². The second kappa shape index (κ2) is 19.5. The first-order chi connectivity index (χ1) is 37.0. The van der Waals surface area contributed by atoms with Crippen LogP contribution in [0, 0.1) is 11.8 Å². The first kappa shape index (κ1) is 46.5. The highest BCUT2D eigenvalue weighted by Crippen LogP contribution is 2.64. The lowest BCUT2D eigenvalue weighted by Crippen LogP contribution is -2.41. The van der Waals surface area contributed by atoms with Gasteiger partial charge in [-0.05, 0) is 151 Å². The average molecular weight is 966 g/mol. The van der Waals surface area contributed by atoms with Crippen molar-refractivity contribution in [1.82, 2.24) is 4.57 Å². The van der Waals surface area contributed by atoms with Gasteiger partial charge in [0.2, 0.25) is 0 Å². The van der Waals surface area contributed by atoms with E-state index in [1.165, 1.54) is 105 Å². The zero-order valence-corrected chi connectivity index (χ0v) is 43.2. The summed E-state index contributed by atoms with van der Waals surface area (Å²) in [6, 6.07) is 69.5. The molecule has 1 heteroatoms. The van der Waals surface area contributed by atoms with E-state index in [1.807, 2.05) is 12.2 Å². The van der Waals surface area contributed by atoms with Crippen LogP contribution in [0.3, 0.4) is 0 Å². The molecule has 0 saturated carbocycles. The summed E-state index contributed by atoms with van der Waals surface area (Å²) in [6.07, 6.45) is 29.7. The molecule has 4 aliphatic carbocycles. The fourth-order valence-electron chi connectivity index (χ4n) is 13.6. The number of para-hydroxylation sites is 1. The van der Waals surface area contributed by atoms with Crippen LogP contribution in [-0.2, 0) is 18.3 Å². The largest absolute Gasteiger partial charge is 0.309 e. The molecule has 13 rings (SSSR count). The molecule has 8 aromatic carbocycles. The van der Waals surface area contributed by atoms with E-state index in [2.05, 4.69) is 256 Å². The molecule has 0 fully saturated rings. The molecule has 1 spiro atoms. The number of benzene rings is 8. The number of rotatable bonds is 12. The van der Waals surface area contributed by atoms with Gasteiger partial charge in [0.05, 0.1) is 11.0 Å². The number of nitrogens with zero attached hydrogens (tertiary/aromatic N) is 1. The van der Waals surface area contributed by atoms with Crippen molar-refractivity contribution in [3.63, 3.8) is 0 Å². The number of aromatic nitrogens is 1. The summed E-state index contributed by atoms with van der Waals surface area (Å²) in [5.74, 6) is 1.58. The van der Waals surface area contributed by atoms with Crippen molar-refractivity contribution in [2.24, 2.45) is 11.8 Å². The summed E-state index contributed by atoms with van der Waals surface area (Å²) < 4.78 is 2.53. The monoisotopic (exact) mass is 965 g/mol. The van der Waals surface area contributed by atoms with Crippen LogP contribution in [0.5, 0.6) is 0 Å². The first-order valence-electron chi connectivity index (χ1n) is 27.4. The van der Waals surface area contributed by atoms with Crippen molar-refractivity contribution in [3.05, 3.63) is 300 Å². The number of fused-ring (bicyclic) bond motifs is 13. The fourth-order valence-corrected chi connectivity index (χ4v) is 13.6. The summed E-state index contributed by atoms with van der Waals surface area (Å²) in [7, 11) is 0. The van der Waals surface area contributed by atoms with Crippen LogP contribution in [0.1, 0.15) is 83.9 Å². The maximum atomic E-state index is 3.77. The van der Waals surface area contributed by atoms with Crippen LogP contribution < -0.4 is 0 Å². The summed E-state index contributed by atoms with van der Waals surface area (Å²) in [6.45, 7) is 8.50. The van der Waals surface area contributed by atoms with E-state index >= 15 is 0 Å². The Balaban J connectivity index is 0.877. The fraction of sp³-hybridized carbons (Fsp3) is 0.162. The molecule has 1 aromatic heterocycles. The van der Waals surface area contributed by atoms with Crippen molar-refractivity contribution < 1.29 is 0 Å². The van der Waals surface area contributed by atoms with Crippen LogP contribution >= 0.6 is 0 Å². The van der Waals surface area contributed by atoms with Gasteiger partial charge in [-0.3, -0.25) is 0 Å². The third-order valence-corrected chi connectivity index (χ3v) is 17.3. The van der Waals surface area contributed by atoms with E-state index in [4.69, 9.17) is 0 Å². The highest BCUT2D eigenvalue weighted by molar-refractivity contribution is 6.09. The van der Waals surface area contributed by atoms with Gasteiger partial charge in [-0.1, -0.05) is 245 Å². The Morgan fingerprint density at radius 1 is 0.600 bits per heavy atom. The highest BCUT2D eigenvalue weighted by atomic mass is 15.0. The molecular formula is C74H63N. The number of allylic oxidation sites excluding steroid dienone is 13. The minimum Gasteiger partial charge on any atom is -0.309 e. The lowest BCUT2D eigenvalue weighted by molar-refractivity contribution is 0.366. The zero-order chi connectivity index (χ0) is 50.5. The Hall–Kier alpha value is -8.26. The summed E-state index contributed by atoms with van der Waals surface area (Å²) >= 11 is 0. The van der Waals surface area contributed by atoms with Gasteiger partial charge in [0.1, 0.15) is 0 Å². The molecule has 0 aliphatic heterocycles. The molecule has 1 heterocycles. The van der Waals surface area contributed by atoms with E-state index in [0.29, 0.717) is 17.8 Å². The lowest BCUT2D eigenvalue weighted by Gasteiger charge is -2.47. The first-order valence-corrected chi connectivity index (χ1v) is 27.4. The summed E-state index contributed by atoms with van der Waals surface area (Å²) in [4.78, 5) is 0. The van der Waals surface area contributed by atoms with Crippen LogP contribution in [0.2, 0.25) is 0 Å².